The number of nitrogens with zero attached hydrogens (tertiary/aromatic N) is 2. The van der Waals surface area contributed by atoms with Crippen LogP contribution in [-0.2, 0) is 0 Å². The number of benzene rings is 2. The van der Waals surface area contributed by atoms with Gasteiger partial charge in [0, 0.05) is 22.2 Å². The minimum absolute atomic E-state index is 1.08. The molecule has 20 heavy (non-hydrogen) atoms. The van der Waals surface area contributed by atoms with Gasteiger partial charge in [-0.15, -0.1) is 0 Å². The summed E-state index contributed by atoms with van der Waals surface area (Å²) >= 11 is 0. The van der Waals surface area contributed by atoms with Crippen molar-refractivity contribution in [2.24, 2.45) is 0 Å². The highest BCUT2D eigenvalue weighted by atomic mass is 14.7. The van der Waals surface area contributed by atoms with Crippen LogP contribution in [-0.4, -0.2) is 9.97 Å². The molecule has 0 spiro atoms. The lowest BCUT2D eigenvalue weighted by molar-refractivity contribution is 1.20. The minimum Gasteiger partial charge on any atom is -0.253 e. The Hall–Kier alpha value is -2.22. The summed E-state index contributed by atoms with van der Waals surface area (Å²) < 4.78 is 0. The Balaban J connectivity index is 2.42. The van der Waals surface area contributed by atoms with Crippen molar-refractivity contribution < 1.29 is 0 Å². The van der Waals surface area contributed by atoms with E-state index in [1.54, 1.807) is 0 Å². The Morgan fingerprint density at radius 1 is 0.600 bits per heavy atom. The number of rotatable bonds is 0. The third kappa shape index (κ3) is 1.29. The van der Waals surface area contributed by atoms with Crippen LogP contribution < -0.4 is 0 Å². The normalized spacial score (nSPS) is 12.0. The first-order valence-electron chi connectivity index (χ1n) is 6.97. The van der Waals surface area contributed by atoms with E-state index in [4.69, 9.17) is 9.97 Å². The topological polar surface area (TPSA) is 25.8 Å². The fourth-order valence-corrected chi connectivity index (χ4v) is 3.19. The molecule has 0 aliphatic rings. The quantitative estimate of drug-likeness (QED) is 0.431. The van der Waals surface area contributed by atoms with Crippen molar-refractivity contribution in [3.05, 3.63) is 46.8 Å². The molecule has 0 aliphatic carbocycles. The maximum absolute atomic E-state index is 4.75. The molecular weight excluding hydrogens is 244 g/mol. The average Bonchev–Trinajstić information content (AvgIpc) is 2.44. The molecule has 0 atom stereocenters. The largest absolute Gasteiger partial charge is 0.253 e. The predicted octanol–water partition coefficient (Wildman–Crippen LogP) is 4.61. The molecule has 0 aliphatic heterocycles. The van der Waals surface area contributed by atoms with Crippen LogP contribution in [0.25, 0.3) is 32.6 Å². The number of hydrogen-bond donors (Lipinski definition) is 0. The van der Waals surface area contributed by atoms with Gasteiger partial charge >= 0.3 is 0 Å². The first-order valence-corrected chi connectivity index (χ1v) is 6.97. The van der Waals surface area contributed by atoms with Crippen LogP contribution in [0.5, 0.6) is 0 Å². The van der Waals surface area contributed by atoms with Gasteiger partial charge in [0.15, 0.2) is 0 Å². The lowest BCUT2D eigenvalue weighted by atomic mass is 9.94. The second kappa shape index (κ2) is 3.66. The Morgan fingerprint density at radius 3 is 1.40 bits per heavy atom. The van der Waals surface area contributed by atoms with Gasteiger partial charge in [0.1, 0.15) is 0 Å². The van der Waals surface area contributed by atoms with Crippen molar-refractivity contribution in [3.8, 4) is 0 Å². The molecule has 4 rings (SSSR count). The highest BCUT2D eigenvalue weighted by molar-refractivity contribution is 6.22. The smallest absolute Gasteiger partial charge is 0.0719 e. The molecule has 2 aromatic heterocycles. The van der Waals surface area contributed by atoms with E-state index >= 15 is 0 Å². The SMILES string of the molecule is Cc1nc2ccc3nc(C)c(C)c4ccc(c1C)c2c34. The van der Waals surface area contributed by atoms with E-state index in [2.05, 4.69) is 52.0 Å². The molecule has 0 bridgehead atoms. The second-order valence-electron chi connectivity index (χ2n) is 5.66. The molecule has 0 fully saturated rings. The summed E-state index contributed by atoms with van der Waals surface area (Å²) in [4.78, 5) is 9.50. The number of pyridine rings is 2. The van der Waals surface area contributed by atoms with Crippen molar-refractivity contribution in [2.45, 2.75) is 27.7 Å². The molecular formula is C18H16N2. The van der Waals surface area contributed by atoms with Crippen LogP contribution in [0.1, 0.15) is 22.5 Å². The molecule has 0 unspecified atom stereocenters. The van der Waals surface area contributed by atoms with Crippen molar-refractivity contribution in [3.63, 3.8) is 0 Å². The van der Waals surface area contributed by atoms with Crippen LogP contribution >= 0.6 is 0 Å². The molecule has 0 saturated carbocycles. The summed E-state index contributed by atoms with van der Waals surface area (Å²) in [6, 6.07) is 8.66. The first-order chi connectivity index (χ1) is 9.58. The lowest BCUT2D eigenvalue weighted by Gasteiger charge is -2.15. The van der Waals surface area contributed by atoms with Gasteiger partial charge in [-0.3, -0.25) is 9.97 Å². The highest BCUT2D eigenvalue weighted by Gasteiger charge is 2.14. The summed E-state index contributed by atoms with van der Waals surface area (Å²) in [5, 5.41) is 5.13. The molecule has 0 saturated heterocycles. The van der Waals surface area contributed by atoms with Crippen LogP contribution in [0.15, 0.2) is 24.3 Å². The molecule has 2 heteroatoms. The van der Waals surface area contributed by atoms with Gasteiger partial charge in [0.2, 0.25) is 0 Å². The average molecular weight is 260 g/mol. The zero-order valence-corrected chi connectivity index (χ0v) is 12.2. The van der Waals surface area contributed by atoms with Gasteiger partial charge in [-0.25, -0.2) is 0 Å². The number of hydrogen-bond acceptors (Lipinski definition) is 2. The van der Waals surface area contributed by atoms with E-state index in [0.29, 0.717) is 0 Å². The molecule has 2 heterocycles. The monoisotopic (exact) mass is 260 g/mol. The molecule has 0 N–H and O–H groups in total. The molecule has 4 aromatic rings. The fraction of sp³-hybridized carbons (Fsp3) is 0.222. The zero-order valence-electron chi connectivity index (χ0n) is 12.2. The Labute approximate surface area is 117 Å². The van der Waals surface area contributed by atoms with Gasteiger partial charge in [0.05, 0.1) is 11.0 Å². The highest BCUT2D eigenvalue weighted by Crippen LogP contribution is 2.36. The van der Waals surface area contributed by atoms with E-state index in [0.717, 1.165) is 22.4 Å². The Kier molecular flexibility index (Phi) is 2.12. The predicted molar refractivity (Wildman–Crippen MR) is 84.7 cm³/mol. The molecule has 0 amide bonds. The standard InChI is InChI=1S/C18H16N2/c1-9-11(3)19-15-7-8-16-18-14(10(2)12(4)20-16)6-5-13(9)17(15)18/h5-8H,1-4H3. The zero-order chi connectivity index (χ0) is 14.0. The maximum atomic E-state index is 4.75. The molecule has 98 valence electrons. The summed E-state index contributed by atoms with van der Waals surface area (Å²) in [6.45, 7) is 8.47. The maximum Gasteiger partial charge on any atom is 0.0719 e. The van der Waals surface area contributed by atoms with Gasteiger partial charge in [-0.05, 0) is 61.7 Å². The molecule has 2 aromatic carbocycles. The van der Waals surface area contributed by atoms with Crippen molar-refractivity contribution in [1.29, 1.82) is 0 Å². The Bertz CT molecular complexity index is 902. The summed E-state index contributed by atoms with van der Waals surface area (Å²) in [5.74, 6) is 0. The van der Waals surface area contributed by atoms with Crippen molar-refractivity contribution in [1.82, 2.24) is 9.97 Å². The summed E-state index contributed by atoms with van der Waals surface area (Å²) in [5.41, 5.74) is 6.90. The molecule has 2 nitrogen and oxygen atoms in total. The van der Waals surface area contributed by atoms with E-state index in [9.17, 15) is 0 Å². The Morgan fingerprint density at radius 2 is 1.00 bits per heavy atom. The lowest BCUT2D eigenvalue weighted by Crippen LogP contribution is -1.97. The van der Waals surface area contributed by atoms with E-state index < -0.39 is 0 Å². The van der Waals surface area contributed by atoms with Gasteiger partial charge in [-0.2, -0.15) is 0 Å². The summed E-state index contributed by atoms with van der Waals surface area (Å²) in [6.07, 6.45) is 0. The fourth-order valence-electron chi connectivity index (χ4n) is 3.19. The van der Waals surface area contributed by atoms with Gasteiger partial charge in [-0.1, -0.05) is 12.1 Å². The van der Waals surface area contributed by atoms with Gasteiger partial charge < -0.3 is 0 Å². The number of aromatic nitrogens is 2. The van der Waals surface area contributed by atoms with Crippen LogP contribution in [0.4, 0.5) is 0 Å². The second-order valence-corrected chi connectivity index (χ2v) is 5.66. The van der Waals surface area contributed by atoms with Crippen LogP contribution in [0.2, 0.25) is 0 Å². The summed E-state index contributed by atoms with van der Waals surface area (Å²) in [7, 11) is 0. The third-order valence-electron chi connectivity index (χ3n) is 4.59. The van der Waals surface area contributed by atoms with E-state index in [1.165, 1.54) is 32.7 Å². The minimum atomic E-state index is 1.08. The number of aryl methyl sites for hydroxylation is 4. The van der Waals surface area contributed by atoms with E-state index in [1.807, 2.05) is 0 Å². The first kappa shape index (κ1) is 11.6. The molecule has 0 radical (unpaired) electrons. The van der Waals surface area contributed by atoms with Crippen molar-refractivity contribution in [2.75, 3.05) is 0 Å². The van der Waals surface area contributed by atoms with Crippen LogP contribution in [0.3, 0.4) is 0 Å². The third-order valence-corrected chi connectivity index (χ3v) is 4.59. The van der Waals surface area contributed by atoms with E-state index in [-0.39, 0.29) is 0 Å². The van der Waals surface area contributed by atoms with Crippen molar-refractivity contribution >= 4 is 32.6 Å². The van der Waals surface area contributed by atoms with Crippen LogP contribution in [0, 0.1) is 27.7 Å². The van der Waals surface area contributed by atoms with Gasteiger partial charge in [0.25, 0.3) is 0 Å².